The highest BCUT2D eigenvalue weighted by atomic mass is 16.5. The Morgan fingerprint density at radius 2 is 1.96 bits per heavy atom. The van der Waals surface area contributed by atoms with Crippen molar-refractivity contribution >= 4 is 23.0 Å². The highest BCUT2D eigenvalue weighted by Gasteiger charge is 2.15. The number of hydrogen-bond acceptors (Lipinski definition) is 5. The topological polar surface area (TPSA) is 90.5 Å². The van der Waals surface area contributed by atoms with E-state index in [4.69, 9.17) is 9.15 Å². The van der Waals surface area contributed by atoms with Gasteiger partial charge in [-0.15, -0.1) is 0 Å². The molecule has 1 aliphatic carbocycles. The largest absolute Gasteiger partial charge is 0.456 e. The van der Waals surface area contributed by atoms with E-state index in [1.807, 2.05) is 0 Å². The minimum absolute atomic E-state index is 0.000655. The van der Waals surface area contributed by atoms with Crippen molar-refractivity contribution in [3.8, 4) is 0 Å². The van der Waals surface area contributed by atoms with Gasteiger partial charge in [0.15, 0.2) is 12.2 Å². The van der Waals surface area contributed by atoms with Crippen LogP contribution >= 0.6 is 0 Å². The number of aromatic nitrogens is 1. The molecular weight excluding hydrogens is 336 g/mol. The summed E-state index contributed by atoms with van der Waals surface area (Å²) in [6.07, 6.45) is 6.01. The van der Waals surface area contributed by atoms with Gasteiger partial charge >= 0.3 is 11.7 Å². The molecule has 7 heteroatoms. The third kappa shape index (κ3) is 4.74. The molecular formula is C19H24N2O5. The van der Waals surface area contributed by atoms with E-state index in [2.05, 4.69) is 5.32 Å². The van der Waals surface area contributed by atoms with Gasteiger partial charge in [0, 0.05) is 13.1 Å². The van der Waals surface area contributed by atoms with Crippen LogP contribution in [0.15, 0.2) is 33.5 Å². The van der Waals surface area contributed by atoms with Gasteiger partial charge in [0.2, 0.25) is 0 Å². The Morgan fingerprint density at radius 1 is 1.19 bits per heavy atom. The third-order valence-corrected chi connectivity index (χ3v) is 4.79. The first-order valence-corrected chi connectivity index (χ1v) is 9.14. The van der Waals surface area contributed by atoms with Gasteiger partial charge in [0.1, 0.15) is 0 Å². The molecule has 3 rings (SSSR count). The van der Waals surface area contributed by atoms with Crippen LogP contribution in [0.1, 0.15) is 38.5 Å². The Labute approximate surface area is 151 Å². The number of para-hydroxylation sites is 2. The van der Waals surface area contributed by atoms with Gasteiger partial charge in [0.05, 0.1) is 11.9 Å². The van der Waals surface area contributed by atoms with Crippen LogP contribution in [-0.4, -0.2) is 29.6 Å². The summed E-state index contributed by atoms with van der Waals surface area (Å²) in [5.74, 6) is -0.779. The number of ether oxygens (including phenoxy) is 1. The molecule has 1 aromatic heterocycles. The number of oxazole rings is 1. The first kappa shape index (κ1) is 18.2. The zero-order chi connectivity index (χ0) is 18.4. The molecule has 2 aromatic rings. The maximum absolute atomic E-state index is 11.8. The predicted molar refractivity (Wildman–Crippen MR) is 95.6 cm³/mol. The average Bonchev–Trinajstić information content (AvgIpc) is 2.99. The number of fused-ring (bicyclic) bond motifs is 1. The van der Waals surface area contributed by atoms with Crippen LogP contribution in [0.25, 0.3) is 11.1 Å². The van der Waals surface area contributed by atoms with E-state index in [1.165, 1.54) is 23.8 Å². The monoisotopic (exact) mass is 360 g/mol. The molecule has 0 aliphatic heterocycles. The number of aryl methyl sites for hydroxylation is 1. The first-order valence-electron chi connectivity index (χ1n) is 9.14. The lowest BCUT2D eigenvalue weighted by Gasteiger charge is -2.21. The van der Waals surface area contributed by atoms with Gasteiger partial charge in [0.25, 0.3) is 5.91 Å². The van der Waals surface area contributed by atoms with E-state index in [-0.39, 0.29) is 25.5 Å². The second-order valence-corrected chi connectivity index (χ2v) is 6.71. The summed E-state index contributed by atoms with van der Waals surface area (Å²) in [7, 11) is 0. The molecule has 7 nitrogen and oxygen atoms in total. The van der Waals surface area contributed by atoms with Crippen LogP contribution in [0, 0.1) is 5.92 Å². The standard InChI is InChI=1S/C19H24N2O5/c22-17(20-12-14-6-2-1-3-7-14)13-25-18(23)10-11-21-15-8-4-5-9-16(15)26-19(21)24/h4-5,8-9,14H,1-3,6-7,10-13H2,(H,20,22). The van der Waals surface area contributed by atoms with Crippen molar-refractivity contribution in [3.05, 3.63) is 34.8 Å². The Balaban J connectivity index is 1.40. The Morgan fingerprint density at radius 3 is 2.77 bits per heavy atom. The number of carbonyl (C=O) groups is 2. The summed E-state index contributed by atoms with van der Waals surface area (Å²) in [6.45, 7) is 0.512. The van der Waals surface area contributed by atoms with Gasteiger partial charge in [-0.3, -0.25) is 14.2 Å². The van der Waals surface area contributed by atoms with Crippen molar-refractivity contribution in [1.82, 2.24) is 9.88 Å². The molecule has 26 heavy (non-hydrogen) atoms. The molecule has 0 spiro atoms. The normalized spacial score (nSPS) is 15.1. The summed E-state index contributed by atoms with van der Waals surface area (Å²) in [4.78, 5) is 35.5. The molecule has 1 fully saturated rings. The predicted octanol–water partition coefficient (Wildman–Crippen LogP) is 2.22. The number of hydrogen-bond donors (Lipinski definition) is 1. The Bertz CT molecular complexity index is 817. The first-order chi connectivity index (χ1) is 12.6. The second kappa shape index (κ2) is 8.69. The molecule has 1 aliphatic rings. The number of amides is 1. The van der Waals surface area contributed by atoms with Gasteiger partial charge in [-0.05, 0) is 30.9 Å². The highest BCUT2D eigenvalue weighted by Crippen LogP contribution is 2.22. The molecule has 1 heterocycles. The number of esters is 1. The summed E-state index contributed by atoms with van der Waals surface area (Å²) < 4.78 is 11.5. The fraction of sp³-hybridized carbons (Fsp3) is 0.526. The number of carbonyl (C=O) groups excluding carboxylic acids is 2. The van der Waals surface area contributed by atoms with E-state index in [0.29, 0.717) is 23.6 Å². The maximum atomic E-state index is 11.8. The Kier molecular flexibility index (Phi) is 6.09. The average molecular weight is 360 g/mol. The SMILES string of the molecule is O=C(COC(=O)CCn1c(=O)oc2ccccc21)NCC1CCCCC1. The Hall–Kier alpha value is -2.57. The van der Waals surface area contributed by atoms with Gasteiger partial charge in [-0.2, -0.15) is 0 Å². The van der Waals surface area contributed by atoms with Crippen LogP contribution in [0.4, 0.5) is 0 Å². The number of rotatable bonds is 7. The summed E-state index contributed by atoms with van der Waals surface area (Å²) in [6, 6.07) is 7.02. The van der Waals surface area contributed by atoms with Crippen molar-refractivity contribution < 1.29 is 18.7 Å². The minimum Gasteiger partial charge on any atom is -0.456 e. The van der Waals surface area contributed by atoms with Gasteiger partial charge < -0.3 is 14.5 Å². The fourth-order valence-corrected chi connectivity index (χ4v) is 3.35. The quantitative estimate of drug-likeness (QED) is 0.765. The molecule has 0 saturated heterocycles. The molecule has 0 unspecified atom stereocenters. The zero-order valence-corrected chi connectivity index (χ0v) is 14.7. The van der Waals surface area contributed by atoms with Crippen LogP contribution < -0.4 is 11.1 Å². The number of nitrogens with zero attached hydrogens (tertiary/aromatic N) is 1. The third-order valence-electron chi connectivity index (χ3n) is 4.79. The summed E-state index contributed by atoms with van der Waals surface area (Å²) in [5, 5.41) is 2.82. The maximum Gasteiger partial charge on any atom is 0.419 e. The highest BCUT2D eigenvalue weighted by molar-refractivity contribution is 5.80. The minimum atomic E-state index is -0.519. The van der Waals surface area contributed by atoms with Gasteiger partial charge in [-0.1, -0.05) is 31.4 Å². The molecule has 0 radical (unpaired) electrons. The van der Waals surface area contributed by atoms with E-state index < -0.39 is 11.7 Å². The lowest BCUT2D eigenvalue weighted by Crippen LogP contribution is -2.33. The van der Waals surface area contributed by atoms with Crippen molar-refractivity contribution in [2.75, 3.05) is 13.2 Å². The van der Waals surface area contributed by atoms with E-state index in [9.17, 15) is 14.4 Å². The van der Waals surface area contributed by atoms with Crippen LogP contribution in [0.5, 0.6) is 0 Å². The van der Waals surface area contributed by atoms with Crippen molar-refractivity contribution in [2.24, 2.45) is 5.92 Å². The van der Waals surface area contributed by atoms with E-state index >= 15 is 0 Å². The number of nitrogens with one attached hydrogen (secondary N) is 1. The van der Waals surface area contributed by atoms with Crippen molar-refractivity contribution in [1.29, 1.82) is 0 Å². The van der Waals surface area contributed by atoms with E-state index in [0.717, 1.165) is 12.8 Å². The number of benzene rings is 1. The van der Waals surface area contributed by atoms with E-state index in [1.54, 1.807) is 24.3 Å². The zero-order valence-electron chi connectivity index (χ0n) is 14.7. The van der Waals surface area contributed by atoms with Crippen LogP contribution in [-0.2, 0) is 20.9 Å². The molecule has 1 N–H and O–H groups in total. The lowest BCUT2D eigenvalue weighted by atomic mass is 9.89. The molecule has 140 valence electrons. The lowest BCUT2D eigenvalue weighted by molar-refractivity contribution is -0.148. The van der Waals surface area contributed by atoms with Crippen LogP contribution in [0.2, 0.25) is 0 Å². The smallest absolute Gasteiger partial charge is 0.419 e. The summed E-state index contributed by atoms with van der Waals surface area (Å²) >= 11 is 0. The molecule has 1 amide bonds. The molecule has 1 aromatic carbocycles. The molecule has 0 atom stereocenters. The van der Waals surface area contributed by atoms with Crippen molar-refractivity contribution in [3.63, 3.8) is 0 Å². The van der Waals surface area contributed by atoms with Crippen molar-refractivity contribution in [2.45, 2.75) is 45.1 Å². The molecule has 0 bridgehead atoms. The second-order valence-electron chi connectivity index (χ2n) is 6.71. The molecule has 1 saturated carbocycles. The fourth-order valence-electron chi connectivity index (χ4n) is 3.35. The summed E-state index contributed by atoms with van der Waals surface area (Å²) in [5.41, 5.74) is 1.11. The van der Waals surface area contributed by atoms with Crippen LogP contribution in [0.3, 0.4) is 0 Å². The van der Waals surface area contributed by atoms with Gasteiger partial charge in [-0.25, -0.2) is 4.79 Å².